The number of aryl methyl sites for hydroxylation is 2. The highest BCUT2D eigenvalue weighted by atomic mass is 32.2. The fourth-order valence-corrected chi connectivity index (χ4v) is 6.31. The zero-order valence-electron chi connectivity index (χ0n) is 22.3. The summed E-state index contributed by atoms with van der Waals surface area (Å²) in [5.74, 6) is 0.477. The normalized spacial score (nSPS) is 15.2. The summed E-state index contributed by atoms with van der Waals surface area (Å²) in [6, 6.07) is 6.56. The molecule has 1 aliphatic heterocycles. The van der Waals surface area contributed by atoms with Crippen LogP contribution < -0.4 is 5.32 Å². The first-order chi connectivity index (χ1) is 18.4. The summed E-state index contributed by atoms with van der Waals surface area (Å²) in [5, 5.41) is 7.24. The number of nitrogens with one attached hydrogen (secondary N) is 1. The maximum absolute atomic E-state index is 13.4. The number of amides is 2. The molecule has 0 bridgehead atoms. The number of thiophene rings is 1. The van der Waals surface area contributed by atoms with Crippen LogP contribution in [0.5, 0.6) is 0 Å². The number of thioether (sulfide) groups is 1. The minimum atomic E-state index is -0.113. The molecule has 0 saturated carbocycles. The zero-order valence-corrected chi connectivity index (χ0v) is 23.9. The maximum Gasteiger partial charge on any atom is 0.254 e. The van der Waals surface area contributed by atoms with E-state index in [1.54, 1.807) is 35.5 Å². The highest BCUT2D eigenvalue weighted by molar-refractivity contribution is 8.00. The lowest BCUT2D eigenvalue weighted by Crippen LogP contribution is -2.49. The minimum Gasteiger partial charge on any atom is -0.352 e. The van der Waals surface area contributed by atoms with E-state index in [1.165, 1.54) is 11.9 Å². The maximum atomic E-state index is 13.4. The number of nitrogens with zero attached hydrogens (tertiary/aromatic N) is 5. The summed E-state index contributed by atoms with van der Waals surface area (Å²) in [5.41, 5.74) is 3.16. The van der Waals surface area contributed by atoms with E-state index in [9.17, 15) is 9.59 Å². The molecule has 0 radical (unpaired) electrons. The fraction of sp³-hybridized carbons (Fsp3) is 0.464. The van der Waals surface area contributed by atoms with Crippen LogP contribution in [-0.4, -0.2) is 74.0 Å². The number of rotatable bonds is 11. The number of likely N-dealkylation sites (tertiary alicyclic amines) is 1. The largest absolute Gasteiger partial charge is 0.352 e. The number of hydrogen-bond acceptors (Lipinski definition) is 8. The van der Waals surface area contributed by atoms with Gasteiger partial charge in [-0.3, -0.25) is 14.6 Å². The highest BCUT2D eigenvalue weighted by Crippen LogP contribution is 2.24. The molecule has 1 saturated heterocycles. The fourth-order valence-electron chi connectivity index (χ4n) is 4.89. The topological polar surface area (TPSA) is 91.3 Å². The summed E-state index contributed by atoms with van der Waals surface area (Å²) in [6.45, 7) is 9.02. The van der Waals surface area contributed by atoms with Crippen LogP contribution >= 0.6 is 23.1 Å². The molecule has 38 heavy (non-hydrogen) atoms. The van der Waals surface area contributed by atoms with Gasteiger partial charge in [0.15, 0.2) is 0 Å². The quantitative estimate of drug-likeness (QED) is 0.354. The van der Waals surface area contributed by atoms with E-state index < -0.39 is 0 Å². The van der Waals surface area contributed by atoms with Crippen molar-refractivity contribution < 1.29 is 9.59 Å². The Hall–Kier alpha value is -2.82. The Labute approximate surface area is 233 Å². The van der Waals surface area contributed by atoms with Crippen LogP contribution in [0.2, 0.25) is 0 Å². The molecule has 0 aliphatic carbocycles. The van der Waals surface area contributed by atoms with Crippen molar-refractivity contribution in [1.29, 1.82) is 0 Å². The first-order valence-electron chi connectivity index (χ1n) is 13.1. The molecule has 1 N–H and O–H groups in total. The zero-order chi connectivity index (χ0) is 26.9. The predicted molar refractivity (Wildman–Crippen MR) is 152 cm³/mol. The lowest BCUT2D eigenvalue weighted by atomic mass is 10.00. The monoisotopic (exact) mass is 552 g/mol. The van der Waals surface area contributed by atoms with Gasteiger partial charge in [0, 0.05) is 55.6 Å². The summed E-state index contributed by atoms with van der Waals surface area (Å²) in [6.07, 6.45) is 7.80. The molecule has 2 amide bonds. The van der Waals surface area contributed by atoms with Gasteiger partial charge in [0.05, 0.1) is 22.7 Å². The molecule has 3 aromatic rings. The van der Waals surface area contributed by atoms with E-state index in [0.29, 0.717) is 41.8 Å². The van der Waals surface area contributed by atoms with E-state index in [4.69, 9.17) is 0 Å². The smallest absolute Gasteiger partial charge is 0.254 e. The van der Waals surface area contributed by atoms with E-state index >= 15 is 0 Å². The van der Waals surface area contributed by atoms with Crippen LogP contribution in [0.25, 0.3) is 0 Å². The second-order valence-corrected chi connectivity index (χ2v) is 11.5. The van der Waals surface area contributed by atoms with Crippen LogP contribution in [0.3, 0.4) is 0 Å². The Morgan fingerprint density at radius 3 is 2.63 bits per heavy atom. The van der Waals surface area contributed by atoms with Gasteiger partial charge in [-0.05, 0) is 74.6 Å². The Balaban J connectivity index is 1.27. The van der Waals surface area contributed by atoms with E-state index in [0.717, 1.165) is 37.2 Å². The summed E-state index contributed by atoms with van der Waals surface area (Å²) in [7, 11) is 0. The van der Waals surface area contributed by atoms with Crippen molar-refractivity contribution in [3.05, 3.63) is 70.2 Å². The molecular formula is C28H36N6O2S2. The van der Waals surface area contributed by atoms with Crippen molar-refractivity contribution in [2.45, 2.75) is 63.6 Å². The van der Waals surface area contributed by atoms with Crippen molar-refractivity contribution >= 4 is 34.9 Å². The summed E-state index contributed by atoms with van der Waals surface area (Å²) in [4.78, 5) is 44.0. The molecule has 1 aliphatic rings. The lowest BCUT2D eigenvalue weighted by Gasteiger charge is -2.41. The van der Waals surface area contributed by atoms with Gasteiger partial charge in [-0.1, -0.05) is 0 Å². The number of carbonyl (C=O) groups excluding carboxylic acids is 2. The van der Waals surface area contributed by atoms with Gasteiger partial charge in [0.25, 0.3) is 5.91 Å². The van der Waals surface area contributed by atoms with E-state index in [1.807, 2.05) is 26.0 Å². The number of piperidine rings is 1. The first kappa shape index (κ1) is 28.2. The summed E-state index contributed by atoms with van der Waals surface area (Å²) < 4.78 is 0. The van der Waals surface area contributed by atoms with Gasteiger partial charge >= 0.3 is 0 Å². The van der Waals surface area contributed by atoms with Gasteiger partial charge in [-0.2, -0.15) is 11.3 Å². The molecule has 4 rings (SSSR count). The molecule has 8 nitrogen and oxygen atoms in total. The lowest BCUT2D eigenvalue weighted by molar-refractivity contribution is -0.132. The molecule has 1 atom stereocenters. The minimum absolute atomic E-state index is 0.113. The highest BCUT2D eigenvalue weighted by Gasteiger charge is 2.29. The Kier molecular flexibility index (Phi) is 10.3. The van der Waals surface area contributed by atoms with Crippen molar-refractivity contribution in [3.8, 4) is 0 Å². The Morgan fingerprint density at radius 1 is 1.21 bits per heavy atom. The number of pyridine rings is 1. The van der Waals surface area contributed by atoms with Crippen molar-refractivity contribution in [2.24, 2.45) is 0 Å². The number of hydrogen-bond donors (Lipinski definition) is 1. The predicted octanol–water partition coefficient (Wildman–Crippen LogP) is 4.34. The average Bonchev–Trinajstić information content (AvgIpc) is 3.44. The molecule has 4 heterocycles. The third-order valence-corrected chi connectivity index (χ3v) is 8.81. The van der Waals surface area contributed by atoms with Gasteiger partial charge in [0.2, 0.25) is 5.91 Å². The number of carbonyl (C=O) groups is 2. The van der Waals surface area contributed by atoms with Crippen molar-refractivity contribution in [1.82, 2.24) is 30.1 Å². The van der Waals surface area contributed by atoms with Gasteiger partial charge in [0.1, 0.15) is 6.33 Å². The molecular weight excluding hydrogens is 516 g/mol. The van der Waals surface area contributed by atoms with Crippen molar-refractivity contribution in [2.75, 3.05) is 25.4 Å². The van der Waals surface area contributed by atoms with Gasteiger partial charge in [-0.15, -0.1) is 11.8 Å². The molecule has 0 spiro atoms. The Morgan fingerprint density at radius 2 is 1.97 bits per heavy atom. The van der Waals surface area contributed by atoms with Gasteiger partial charge < -0.3 is 15.1 Å². The molecule has 1 unspecified atom stereocenters. The van der Waals surface area contributed by atoms with Crippen LogP contribution in [-0.2, 0) is 11.3 Å². The first-order valence-corrected chi connectivity index (χ1v) is 15.0. The molecule has 10 heteroatoms. The molecule has 3 aromatic heterocycles. The second-order valence-electron chi connectivity index (χ2n) is 9.71. The standard InChI is InChI=1S/C28H36N6O2S2/c1-20(6-11-30-28(36)27-21(2)31-19-32-22(27)3)33-12-7-24(8-13-33)34(16-23-9-14-37-17-23)26(35)18-38-25-5-4-10-29-15-25/h4-5,9-10,14-15,17,19-20,24H,6-8,11-13,16,18H2,1-3H3,(H,30,36). The van der Waals surface area contributed by atoms with Crippen molar-refractivity contribution in [3.63, 3.8) is 0 Å². The second kappa shape index (κ2) is 13.8. The summed E-state index contributed by atoms with van der Waals surface area (Å²) >= 11 is 3.21. The van der Waals surface area contributed by atoms with Crippen LogP contribution in [0.4, 0.5) is 0 Å². The van der Waals surface area contributed by atoms with Crippen LogP contribution in [0, 0.1) is 13.8 Å². The third kappa shape index (κ3) is 7.61. The SMILES string of the molecule is Cc1ncnc(C)c1C(=O)NCCC(C)N1CCC(N(Cc2ccsc2)C(=O)CSc2cccnc2)CC1. The molecule has 1 fully saturated rings. The van der Waals surface area contributed by atoms with Gasteiger partial charge in [-0.25, -0.2) is 9.97 Å². The Bertz CT molecular complexity index is 1160. The van der Waals surface area contributed by atoms with E-state index in [2.05, 4.69) is 53.8 Å². The van der Waals surface area contributed by atoms with Crippen LogP contribution in [0.15, 0.2) is 52.6 Å². The third-order valence-electron chi connectivity index (χ3n) is 7.11. The van der Waals surface area contributed by atoms with E-state index in [-0.39, 0.29) is 17.9 Å². The molecule has 202 valence electrons. The van der Waals surface area contributed by atoms with Crippen LogP contribution in [0.1, 0.15) is 53.5 Å². The number of aromatic nitrogens is 3. The average molecular weight is 553 g/mol. The molecule has 0 aromatic carbocycles.